The molecule has 3 heterocycles. The molecule has 0 aliphatic carbocycles. The summed E-state index contributed by atoms with van der Waals surface area (Å²) in [5, 5.41) is 0. The van der Waals surface area contributed by atoms with Crippen LogP contribution in [0.2, 0.25) is 0 Å². The van der Waals surface area contributed by atoms with Crippen LogP contribution in [-0.2, 0) is 21.4 Å². The molecular weight excluding hydrogens is 394 g/mol. The lowest BCUT2D eigenvalue weighted by atomic mass is 10.0. The average molecular weight is 422 g/mol. The Morgan fingerprint density at radius 1 is 1.10 bits per heavy atom. The minimum atomic E-state index is -3.63. The minimum absolute atomic E-state index is 0.0953. The van der Waals surface area contributed by atoms with E-state index in [0.717, 1.165) is 32.1 Å². The van der Waals surface area contributed by atoms with Crippen molar-refractivity contribution in [3.8, 4) is 0 Å². The highest BCUT2D eigenvalue weighted by Gasteiger charge is 2.29. The van der Waals surface area contributed by atoms with Crippen LogP contribution in [0.25, 0.3) is 11.1 Å². The van der Waals surface area contributed by atoms with E-state index in [9.17, 15) is 18.0 Å². The summed E-state index contributed by atoms with van der Waals surface area (Å²) in [6, 6.07) is 4.45. The van der Waals surface area contributed by atoms with Gasteiger partial charge >= 0.3 is 5.76 Å². The molecule has 0 N–H and O–H groups in total. The van der Waals surface area contributed by atoms with Crippen molar-refractivity contribution >= 4 is 27.0 Å². The topological polar surface area (TPSA) is 92.8 Å². The first-order valence-electron chi connectivity index (χ1n) is 10.3. The van der Waals surface area contributed by atoms with Gasteiger partial charge in [0, 0.05) is 32.2 Å². The van der Waals surface area contributed by atoms with Gasteiger partial charge in [0.15, 0.2) is 5.58 Å². The van der Waals surface area contributed by atoms with Crippen molar-refractivity contribution in [3.05, 3.63) is 28.7 Å². The molecule has 1 aromatic carbocycles. The molecule has 1 amide bonds. The molecular formula is C20H27N3O5S. The third-order valence-electron chi connectivity index (χ3n) is 6.02. The van der Waals surface area contributed by atoms with Crippen LogP contribution in [0, 0.1) is 5.92 Å². The maximum atomic E-state index is 13.0. The summed E-state index contributed by atoms with van der Waals surface area (Å²) in [7, 11) is -3.63. The van der Waals surface area contributed by atoms with Gasteiger partial charge in [0.05, 0.1) is 10.4 Å². The third-order valence-corrected chi connectivity index (χ3v) is 7.92. The van der Waals surface area contributed by atoms with Crippen LogP contribution >= 0.6 is 0 Å². The van der Waals surface area contributed by atoms with Crippen molar-refractivity contribution in [1.29, 1.82) is 0 Å². The van der Waals surface area contributed by atoms with E-state index in [2.05, 4.69) is 6.92 Å². The number of nitrogens with zero attached hydrogens (tertiary/aromatic N) is 3. The number of rotatable bonds is 4. The van der Waals surface area contributed by atoms with Gasteiger partial charge in [-0.25, -0.2) is 13.2 Å². The lowest BCUT2D eigenvalue weighted by Gasteiger charge is -2.29. The van der Waals surface area contributed by atoms with Gasteiger partial charge < -0.3 is 9.32 Å². The molecule has 0 bridgehead atoms. The Labute approximate surface area is 170 Å². The summed E-state index contributed by atoms with van der Waals surface area (Å²) >= 11 is 0. The number of benzene rings is 1. The fraction of sp³-hybridized carbons (Fsp3) is 0.600. The van der Waals surface area contributed by atoms with E-state index in [4.69, 9.17) is 4.42 Å². The molecule has 1 aromatic heterocycles. The quantitative estimate of drug-likeness (QED) is 0.753. The molecule has 0 saturated carbocycles. The van der Waals surface area contributed by atoms with Crippen LogP contribution < -0.4 is 5.76 Å². The second-order valence-electron chi connectivity index (χ2n) is 8.11. The van der Waals surface area contributed by atoms with Gasteiger partial charge in [0.1, 0.15) is 6.54 Å². The number of likely N-dealkylation sites (tertiary alicyclic amines) is 1. The molecule has 8 nitrogen and oxygen atoms in total. The highest BCUT2D eigenvalue weighted by molar-refractivity contribution is 7.89. The van der Waals surface area contributed by atoms with E-state index in [-0.39, 0.29) is 22.9 Å². The summed E-state index contributed by atoms with van der Waals surface area (Å²) < 4.78 is 34.0. The second kappa shape index (κ2) is 7.95. The van der Waals surface area contributed by atoms with Gasteiger partial charge in [-0.05, 0) is 50.2 Å². The Kier molecular flexibility index (Phi) is 5.52. The zero-order chi connectivity index (χ0) is 20.6. The SMILES string of the molecule is CC1CCN(S(=O)(=O)c2ccc3c(c2)oc(=O)n3CC(=O)N2CCCCC2)CC1. The van der Waals surface area contributed by atoms with Crippen LogP contribution in [0.1, 0.15) is 39.0 Å². The molecule has 29 heavy (non-hydrogen) atoms. The summed E-state index contributed by atoms with van der Waals surface area (Å²) in [6.07, 6.45) is 4.75. The molecule has 9 heteroatoms. The van der Waals surface area contributed by atoms with Gasteiger partial charge in [-0.2, -0.15) is 4.31 Å². The van der Waals surface area contributed by atoms with Gasteiger partial charge in [0.2, 0.25) is 15.9 Å². The molecule has 0 radical (unpaired) electrons. The number of aromatic nitrogens is 1. The fourth-order valence-electron chi connectivity index (χ4n) is 4.11. The third kappa shape index (κ3) is 3.98. The highest BCUT2D eigenvalue weighted by atomic mass is 32.2. The maximum absolute atomic E-state index is 13.0. The van der Waals surface area contributed by atoms with E-state index < -0.39 is 15.8 Å². The van der Waals surface area contributed by atoms with Crippen molar-refractivity contribution < 1.29 is 17.6 Å². The normalized spacial score (nSPS) is 19.7. The first-order chi connectivity index (χ1) is 13.9. The summed E-state index contributed by atoms with van der Waals surface area (Å²) in [5.74, 6) is -0.242. The largest absolute Gasteiger partial charge is 0.420 e. The number of carbonyl (C=O) groups is 1. The molecule has 2 aliphatic rings. The van der Waals surface area contributed by atoms with Crippen molar-refractivity contribution in [2.45, 2.75) is 50.5 Å². The molecule has 0 atom stereocenters. The van der Waals surface area contributed by atoms with Crippen molar-refractivity contribution in [2.24, 2.45) is 5.92 Å². The van der Waals surface area contributed by atoms with Crippen molar-refractivity contribution in [1.82, 2.24) is 13.8 Å². The lowest BCUT2D eigenvalue weighted by molar-refractivity contribution is -0.132. The van der Waals surface area contributed by atoms with E-state index in [1.807, 2.05) is 0 Å². The van der Waals surface area contributed by atoms with Crippen LogP contribution in [-0.4, -0.2) is 54.3 Å². The monoisotopic (exact) mass is 421 g/mol. The van der Waals surface area contributed by atoms with E-state index in [0.29, 0.717) is 37.6 Å². The standard InChI is InChI=1S/C20H27N3O5S/c1-15-7-11-22(12-8-15)29(26,27)16-5-6-17-18(13-16)28-20(25)23(17)14-19(24)21-9-3-2-4-10-21/h5-6,13,15H,2-4,7-12,14H2,1H3. The number of carbonyl (C=O) groups excluding carboxylic acids is 1. The average Bonchev–Trinajstić information content (AvgIpc) is 3.03. The zero-order valence-corrected chi connectivity index (χ0v) is 17.5. The van der Waals surface area contributed by atoms with E-state index in [1.165, 1.54) is 21.0 Å². The Hall–Kier alpha value is -2.13. The van der Waals surface area contributed by atoms with Gasteiger partial charge in [0.25, 0.3) is 0 Å². The molecule has 0 spiro atoms. The zero-order valence-electron chi connectivity index (χ0n) is 16.7. The van der Waals surface area contributed by atoms with Crippen LogP contribution in [0.5, 0.6) is 0 Å². The van der Waals surface area contributed by atoms with Gasteiger partial charge in [-0.3, -0.25) is 9.36 Å². The smallest absolute Gasteiger partial charge is 0.408 e. The Bertz CT molecular complexity index is 1060. The van der Waals surface area contributed by atoms with Crippen molar-refractivity contribution in [2.75, 3.05) is 26.2 Å². The number of sulfonamides is 1. The van der Waals surface area contributed by atoms with E-state index >= 15 is 0 Å². The number of piperidine rings is 2. The number of fused-ring (bicyclic) bond motifs is 1. The summed E-state index contributed by atoms with van der Waals surface area (Å²) in [4.78, 5) is 26.7. The van der Waals surface area contributed by atoms with Gasteiger partial charge in [-0.1, -0.05) is 6.92 Å². The number of amides is 1. The first kappa shape index (κ1) is 20.2. The maximum Gasteiger partial charge on any atom is 0.420 e. The lowest BCUT2D eigenvalue weighted by Crippen LogP contribution is -2.39. The molecule has 0 unspecified atom stereocenters. The number of hydrogen-bond donors (Lipinski definition) is 0. The molecule has 158 valence electrons. The first-order valence-corrected chi connectivity index (χ1v) is 11.7. The Morgan fingerprint density at radius 2 is 1.79 bits per heavy atom. The van der Waals surface area contributed by atoms with Crippen molar-refractivity contribution in [3.63, 3.8) is 0 Å². The molecule has 2 saturated heterocycles. The molecule has 4 rings (SSSR count). The minimum Gasteiger partial charge on any atom is -0.408 e. The predicted octanol–water partition coefficient (Wildman–Crippen LogP) is 2.03. The Morgan fingerprint density at radius 3 is 2.48 bits per heavy atom. The predicted molar refractivity (Wildman–Crippen MR) is 108 cm³/mol. The second-order valence-corrected chi connectivity index (χ2v) is 10.0. The molecule has 2 aromatic rings. The number of oxazole rings is 1. The molecule has 2 fully saturated rings. The summed E-state index contributed by atoms with van der Waals surface area (Å²) in [6.45, 7) is 4.44. The Balaban J connectivity index is 1.59. The fourth-order valence-corrected chi connectivity index (χ4v) is 5.60. The summed E-state index contributed by atoms with van der Waals surface area (Å²) in [5.41, 5.74) is 0.625. The van der Waals surface area contributed by atoms with Crippen LogP contribution in [0.4, 0.5) is 0 Å². The number of hydrogen-bond acceptors (Lipinski definition) is 5. The van der Waals surface area contributed by atoms with Crippen LogP contribution in [0.3, 0.4) is 0 Å². The molecule has 2 aliphatic heterocycles. The van der Waals surface area contributed by atoms with Crippen LogP contribution in [0.15, 0.2) is 32.3 Å². The van der Waals surface area contributed by atoms with Gasteiger partial charge in [-0.15, -0.1) is 0 Å². The highest BCUT2D eigenvalue weighted by Crippen LogP contribution is 2.26. The van der Waals surface area contributed by atoms with E-state index in [1.54, 1.807) is 11.0 Å².